The Labute approximate surface area is 125 Å². The summed E-state index contributed by atoms with van der Waals surface area (Å²) in [5.41, 5.74) is 5.45. The summed E-state index contributed by atoms with van der Waals surface area (Å²) in [6, 6.07) is 18.0. The van der Waals surface area contributed by atoms with E-state index in [1.165, 1.54) is 22.3 Å². The van der Waals surface area contributed by atoms with Gasteiger partial charge in [-0.3, -0.25) is 0 Å². The highest BCUT2D eigenvalue weighted by molar-refractivity contribution is 5.78. The Balaban J connectivity index is 1.68. The quantitative estimate of drug-likeness (QED) is 0.879. The molecule has 0 heterocycles. The van der Waals surface area contributed by atoms with Crippen LogP contribution in [0.4, 0.5) is 0 Å². The van der Waals surface area contributed by atoms with Crippen molar-refractivity contribution in [1.29, 1.82) is 0 Å². The molecule has 2 nitrogen and oxygen atoms in total. The monoisotopic (exact) mass is 279 g/mol. The number of aliphatic hydroxyl groups excluding tert-OH is 1. The second-order valence-corrected chi connectivity index (χ2v) is 6.29. The first-order chi connectivity index (χ1) is 10.3. The highest BCUT2D eigenvalue weighted by Gasteiger charge is 2.31. The van der Waals surface area contributed by atoms with Gasteiger partial charge in [0.2, 0.25) is 0 Å². The van der Waals surface area contributed by atoms with Crippen LogP contribution >= 0.6 is 0 Å². The molecule has 0 radical (unpaired) electrons. The Bertz CT molecular complexity index is 606. The summed E-state index contributed by atoms with van der Waals surface area (Å²) < 4.78 is 0. The van der Waals surface area contributed by atoms with Crippen molar-refractivity contribution in [2.75, 3.05) is 0 Å². The van der Waals surface area contributed by atoms with Crippen molar-refractivity contribution in [2.45, 2.75) is 43.9 Å². The van der Waals surface area contributed by atoms with Crippen molar-refractivity contribution in [1.82, 2.24) is 5.32 Å². The molecule has 0 amide bonds. The van der Waals surface area contributed by atoms with Crippen LogP contribution < -0.4 is 5.32 Å². The fourth-order valence-corrected chi connectivity index (χ4v) is 3.89. The lowest BCUT2D eigenvalue weighted by Crippen LogP contribution is -2.38. The lowest BCUT2D eigenvalue weighted by molar-refractivity contribution is 0.110. The molecule has 0 spiro atoms. The minimum absolute atomic E-state index is 0.136. The van der Waals surface area contributed by atoms with E-state index in [0.29, 0.717) is 6.04 Å². The third-order valence-electron chi connectivity index (χ3n) is 4.88. The van der Waals surface area contributed by atoms with Crippen LogP contribution in [0.25, 0.3) is 11.1 Å². The van der Waals surface area contributed by atoms with Gasteiger partial charge in [0.15, 0.2) is 0 Å². The molecule has 1 fully saturated rings. The van der Waals surface area contributed by atoms with Crippen LogP contribution in [0.5, 0.6) is 0 Å². The molecule has 0 saturated heterocycles. The van der Waals surface area contributed by atoms with Gasteiger partial charge in [-0.05, 0) is 47.9 Å². The Morgan fingerprint density at radius 1 is 0.857 bits per heavy atom. The van der Waals surface area contributed by atoms with Crippen LogP contribution in [0.2, 0.25) is 0 Å². The highest BCUT2D eigenvalue weighted by atomic mass is 16.3. The number of hydrogen-bond acceptors (Lipinski definition) is 2. The molecule has 0 aromatic heterocycles. The van der Waals surface area contributed by atoms with Crippen LogP contribution in [0.1, 0.15) is 42.9 Å². The van der Waals surface area contributed by atoms with Gasteiger partial charge in [-0.2, -0.15) is 0 Å². The van der Waals surface area contributed by atoms with E-state index in [1.807, 2.05) is 0 Å². The van der Waals surface area contributed by atoms with E-state index in [-0.39, 0.29) is 12.1 Å². The fourth-order valence-electron chi connectivity index (χ4n) is 3.89. The molecule has 0 aliphatic heterocycles. The van der Waals surface area contributed by atoms with Crippen molar-refractivity contribution in [2.24, 2.45) is 0 Å². The summed E-state index contributed by atoms with van der Waals surface area (Å²) in [5.74, 6) is 0. The molecule has 2 unspecified atom stereocenters. The number of fused-ring (bicyclic) bond motifs is 3. The zero-order valence-electron chi connectivity index (χ0n) is 12.1. The first-order valence-corrected chi connectivity index (χ1v) is 7.95. The van der Waals surface area contributed by atoms with E-state index >= 15 is 0 Å². The molecule has 108 valence electrons. The minimum atomic E-state index is -0.136. The Morgan fingerprint density at radius 3 is 2.10 bits per heavy atom. The summed E-state index contributed by atoms with van der Waals surface area (Å²) in [7, 11) is 0. The number of hydrogen-bond donors (Lipinski definition) is 2. The van der Waals surface area contributed by atoms with E-state index < -0.39 is 0 Å². The van der Waals surface area contributed by atoms with E-state index in [4.69, 9.17) is 0 Å². The van der Waals surface area contributed by atoms with Gasteiger partial charge in [-0.1, -0.05) is 48.5 Å². The van der Waals surface area contributed by atoms with Gasteiger partial charge in [-0.25, -0.2) is 0 Å². The molecule has 2 aromatic rings. The molecular formula is C19H21NO. The van der Waals surface area contributed by atoms with Gasteiger partial charge in [0.05, 0.1) is 12.1 Å². The lowest BCUT2D eigenvalue weighted by Gasteiger charge is -2.30. The average molecular weight is 279 g/mol. The predicted molar refractivity (Wildman–Crippen MR) is 85.1 cm³/mol. The van der Waals surface area contributed by atoms with E-state index in [0.717, 1.165) is 25.7 Å². The molecule has 2 aromatic carbocycles. The molecule has 2 heteroatoms. The molecule has 2 aliphatic carbocycles. The van der Waals surface area contributed by atoms with Gasteiger partial charge in [0.25, 0.3) is 0 Å². The van der Waals surface area contributed by atoms with Crippen LogP contribution in [-0.2, 0) is 0 Å². The first-order valence-electron chi connectivity index (χ1n) is 7.95. The summed E-state index contributed by atoms with van der Waals surface area (Å²) in [4.78, 5) is 0. The Kier molecular flexibility index (Phi) is 3.28. The third-order valence-corrected chi connectivity index (χ3v) is 4.88. The van der Waals surface area contributed by atoms with Gasteiger partial charge in [0, 0.05) is 6.04 Å². The van der Waals surface area contributed by atoms with Gasteiger partial charge in [-0.15, -0.1) is 0 Å². The topological polar surface area (TPSA) is 32.3 Å². The minimum Gasteiger partial charge on any atom is -0.393 e. The normalized spacial score (nSPS) is 24.6. The van der Waals surface area contributed by atoms with E-state index in [2.05, 4.69) is 53.8 Å². The summed E-state index contributed by atoms with van der Waals surface area (Å²) in [5, 5.41) is 13.7. The van der Waals surface area contributed by atoms with Crippen LogP contribution in [0, 0.1) is 0 Å². The Morgan fingerprint density at radius 2 is 1.48 bits per heavy atom. The molecule has 0 bridgehead atoms. The maximum Gasteiger partial charge on any atom is 0.0591 e. The summed E-state index contributed by atoms with van der Waals surface area (Å²) in [6.07, 6.45) is 3.98. The second kappa shape index (κ2) is 5.28. The highest BCUT2D eigenvalue weighted by Crippen LogP contribution is 2.43. The maximum absolute atomic E-state index is 9.90. The summed E-state index contributed by atoms with van der Waals surface area (Å²) in [6.45, 7) is 0. The average Bonchev–Trinajstić information content (AvgIpc) is 2.83. The molecule has 21 heavy (non-hydrogen) atoms. The van der Waals surface area contributed by atoms with Crippen LogP contribution in [0.15, 0.2) is 48.5 Å². The van der Waals surface area contributed by atoms with E-state index in [1.54, 1.807) is 0 Å². The molecule has 4 rings (SSSR count). The Hall–Kier alpha value is -1.64. The van der Waals surface area contributed by atoms with Gasteiger partial charge >= 0.3 is 0 Å². The molecule has 2 aliphatic rings. The van der Waals surface area contributed by atoms with Crippen molar-refractivity contribution in [3.05, 3.63) is 59.7 Å². The van der Waals surface area contributed by atoms with Crippen molar-refractivity contribution < 1.29 is 5.11 Å². The first kappa shape index (κ1) is 13.1. The van der Waals surface area contributed by atoms with Gasteiger partial charge < -0.3 is 10.4 Å². The SMILES string of the molecule is OC1CCCC(NC2c3ccccc3-c3ccccc32)C1. The number of benzene rings is 2. The van der Waals surface area contributed by atoms with Crippen LogP contribution in [0.3, 0.4) is 0 Å². The van der Waals surface area contributed by atoms with Crippen LogP contribution in [-0.4, -0.2) is 17.3 Å². The lowest BCUT2D eigenvalue weighted by atomic mass is 9.91. The largest absolute Gasteiger partial charge is 0.393 e. The van der Waals surface area contributed by atoms with Crippen molar-refractivity contribution >= 4 is 0 Å². The number of rotatable bonds is 2. The van der Waals surface area contributed by atoms with Gasteiger partial charge in [0.1, 0.15) is 0 Å². The number of nitrogens with one attached hydrogen (secondary N) is 1. The van der Waals surface area contributed by atoms with Crippen molar-refractivity contribution in [3.63, 3.8) is 0 Å². The molecule has 2 N–H and O–H groups in total. The predicted octanol–water partition coefficient (Wildman–Crippen LogP) is 3.65. The van der Waals surface area contributed by atoms with Crippen molar-refractivity contribution in [3.8, 4) is 11.1 Å². The molecule has 2 atom stereocenters. The summed E-state index contributed by atoms with van der Waals surface area (Å²) >= 11 is 0. The zero-order chi connectivity index (χ0) is 14.2. The maximum atomic E-state index is 9.90. The zero-order valence-corrected chi connectivity index (χ0v) is 12.1. The standard InChI is InChI=1S/C19H21NO/c21-14-7-5-6-13(12-14)20-19-17-10-3-1-8-15(17)16-9-2-4-11-18(16)19/h1-4,8-11,13-14,19-21H,5-7,12H2. The van der Waals surface area contributed by atoms with E-state index in [9.17, 15) is 5.11 Å². The second-order valence-electron chi connectivity index (χ2n) is 6.29. The number of aliphatic hydroxyl groups is 1. The smallest absolute Gasteiger partial charge is 0.0591 e. The molecular weight excluding hydrogens is 258 g/mol. The molecule has 1 saturated carbocycles. The fraction of sp³-hybridized carbons (Fsp3) is 0.368. The third kappa shape index (κ3) is 2.29.